The van der Waals surface area contributed by atoms with Gasteiger partial charge in [0.15, 0.2) is 0 Å². The average Bonchev–Trinajstić information content (AvgIpc) is 2.48. The highest BCUT2D eigenvalue weighted by Gasteiger charge is 2.29. The Hall–Kier alpha value is -1.55. The lowest BCUT2D eigenvalue weighted by Gasteiger charge is -2.38. The van der Waals surface area contributed by atoms with Gasteiger partial charge in [-0.3, -0.25) is 4.79 Å². The van der Waals surface area contributed by atoms with Crippen molar-refractivity contribution in [2.24, 2.45) is 5.92 Å². The van der Waals surface area contributed by atoms with Crippen molar-refractivity contribution < 1.29 is 9.90 Å². The minimum absolute atomic E-state index is 0.161. The molecular weight excluding hydrogens is 264 g/mol. The number of nitrogens with zero attached hydrogens (tertiary/aromatic N) is 1. The first-order valence-corrected chi connectivity index (χ1v) is 7.93. The molecule has 2 rings (SSSR count). The smallest absolute Gasteiger partial charge is 0.227 e. The van der Waals surface area contributed by atoms with Gasteiger partial charge in [0.2, 0.25) is 5.91 Å². The number of hydrogen-bond acceptors (Lipinski definition) is 3. The molecule has 1 aliphatic heterocycles. The number of phenolic OH excluding ortho intramolecular Hbond substituents is 1. The molecule has 1 fully saturated rings. The Bertz CT molecular complexity index is 476. The molecule has 2 N–H and O–H groups in total. The lowest BCUT2D eigenvalue weighted by molar-refractivity contribution is -0.132. The van der Waals surface area contributed by atoms with Crippen LogP contribution in [0.15, 0.2) is 24.3 Å². The summed E-state index contributed by atoms with van der Waals surface area (Å²) >= 11 is 0. The molecule has 1 saturated heterocycles. The maximum Gasteiger partial charge on any atom is 0.227 e. The summed E-state index contributed by atoms with van der Waals surface area (Å²) in [6.07, 6.45) is 2.49. The molecular formula is C17H26N2O2. The highest BCUT2D eigenvalue weighted by molar-refractivity contribution is 5.79. The number of piperidine rings is 1. The van der Waals surface area contributed by atoms with E-state index in [0.29, 0.717) is 18.4 Å². The number of benzene rings is 1. The number of carbonyl (C=O) groups excluding carboxylic acids is 1. The van der Waals surface area contributed by atoms with Crippen molar-refractivity contribution in [3.05, 3.63) is 29.8 Å². The molecule has 1 aromatic rings. The molecule has 4 nitrogen and oxygen atoms in total. The van der Waals surface area contributed by atoms with E-state index in [1.807, 2.05) is 11.0 Å². The second kappa shape index (κ2) is 7.46. The number of carbonyl (C=O) groups is 1. The lowest BCUT2D eigenvalue weighted by atomic mass is 9.89. The lowest BCUT2D eigenvalue weighted by Crippen LogP contribution is -2.51. The van der Waals surface area contributed by atoms with Crippen LogP contribution < -0.4 is 5.32 Å². The SMILES string of the molecule is CCNC1CCN(C(=O)Cc2cccc(O)c2)CC1CC. The minimum atomic E-state index is 0.161. The van der Waals surface area contributed by atoms with E-state index in [1.165, 1.54) is 0 Å². The molecule has 0 saturated carbocycles. The zero-order valence-electron chi connectivity index (χ0n) is 13.0. The number of hydrogen-bond donors (Lipinski definition) is 2. The molecule has 0 aliphatic carbocycles. The first-order valence-electron chi connectivity index (χ1n) is 7.93. The number of phenols is 1. The van der Waals surface area contributed by atoms with E-state index in [-0.39, 0.29) is 11.7 Å². The second-order valence-electron chi connectivity index (χ2n) is 5.81. The largest absolute Gasteiger partial charge is 0.508 e. The molecule has 0 spiro atoms. The van der Waals surface area contributed by atoms with Gasteiger partial charge in [-0.05, 0) is 36.6 Å². The van der Waals surface area contributed by atoms with Crippen molar-refractivity contribution >= 4 is 5.91 Å². The quantitative estimate of drug-likeness (QED) is 0.874. The van der Waals surface area contributed by atoms with E-state index >= 15 is 0 Å². The Morgan fingerprint density at radius 1 is 1.43 bits per heavy atom. The van der Waals surface area contributed by atoms with E-state index in [1.54, 1.807) is 18.2 Å². The van der Waals surface area contributed by atoms with Crippen molar-refractivity contribution in [3.63, 3.8) is 0 Å². The van der Waals surface area contributed by atoms with Crippen LogP contribution in [0.2, 0.25) is 0 Å². The topological polar surface area (TPSA) is 52.6 Å². The summed E-state index contributed by atoms with van der Waals surface area (Å²) in [4.78, 5) is 14.4. The summed E-state index contributed by atoms with van der Waals surface area (Å²) < 4.78 is 0. The summed E-state index contributed by atoms with van der Waals surface area (Å²) in [7, 11) is 0. The van der Waals surface area contributed by atoms with E-state index in [0.717, 1.165) is 38.0 Å². The van der Waals surface area contributed by atoms with Gasteiger partial charge in [0.1, 0.15) is 5.75 Å². The highest BCUT2D eigenvalue weighted by Crippen LogP contribution is 2.21. The molecule has 116 valence electrons. The monoisotopic (exact) mass is 290 g/mol. The molecule has 1 heterocycles. The van der Waals surface area contributed by atoms with E-state index < -0.39 is 0 Å². The molecule has 2 atom stereocenters. The Morgan fingerprint density at radius 3 is 2.90 bits per heavy atom. The van der Waals surface area contributed by atoms with E-state index in [2.05, 4.69) is 19.2 Å². The zero-order chi connectivity index (χ0) is 15.2. The fourth-order valence-electron chi connectivity index (χ4n) is 3.16. The third kappa shape index (κ3) is 4.21. The summed E-state index contributed by atoms with van der Waals surface area (Å²) in [5, 5.41) is 13.0. The molecule has 1 aromatic carbocycles. The normalized spacial score (nSPS) is 22.3. The third-order valence-electron chi connectivity index (χ3n) is 4.34. The van der Waals surface area contributed by atoms with Gasteiger partial charge in [-0.2, -0.15) is 0 Å². The van der Waals surface area contributed by atoms with Gasteiger partial charge in [0.25, 0.3) is 0 Å². The van der Waals surface area contributed by atoms with Crippen molar-refractivity contribution in [1.29, 1.82) is 0 Å². The van der Waals surface area contributed by atoms with Crippen LogP contribution in [0.25, 0.3) is 0 Å². The van der Waals surface area contributed by atoms with Crippen molar-refractivity contribution in [1.82, 2.24) is 10.2 Å². The van der Waals surface area contributed by atoms with Crippen LogP contribution in [0.3, 0.4) is 0 Å². The fourth-order valence-corrected chi connectivity index (χ4v) is 3.16. The first kappa shape index (κ1) is 15.8. The van der Waals surface area contributed by atoms with Gasteiger partial charge in [-0.1, -0.05) is 32.4 Å². The standard InChI is InChI=1S/C17H26N2O2/c1-3-14-12-19(9-8-16(14)18-4-2)17(21)11-13-6-5-7-15(20)10-13/h5-7,10,14,16,18,20H,3-4,8-9,11-12H2,1-2H3. The number of rotatable bonds is 5. The number of amides is 1. The predicted octanol–water partition coefficient (Wildman–Crippen LogP) is 2.17. The van der Waals surface area contributed by atoms with E-state index in [9.17, 15) is 9.90 Å². The maximum absolute atomic E-state index is 12.4. The highest BCUT2D eigenvalue weighted by atomic mass is 16.3. The molecule has 0 bridgehead atoms. The fraction of sp³-hybridized carbons (Fsp3) is 0.588. The van der Waals surface area contributed by atoms with E-state index in [4.69, 9.17) is 0 Å². The van der Waals surface area contributed by atoms with Crippen LogP contribution in [-0.4, -0.2) is 41.6 Å². The van der Waals surface area contributed by atoms with Crippen molar-refractivity contribution in [2.75, 3.05) is 19.6 Å². The average molecular weight is 290 g/mol. The van der Waals surface area contributed by atoms with Crippen LogP contribution in [0, 0.1) is 5.92 Å². The van der Waals surface area contributed by atoms with Crippen LogP contribution in [0.5, 0.6) is 5.75 Å². The number of nitrogens with one attached hydrogen (secondary N) is 1. The van der Waals surface area contributed by atoms with Gasteiger partial charge in [0, 0.05) is 19.1 Å². The third-order valence-corrected chi connectivity index (χ3v) is 4.34. The molecule has 0 radical (unpaired) electrons. The second-order valence-corrected chi connectivity index (χ2v) is 5.81. The summed E-state index contributed by atoms with van der Waals surface area (Å²) in [5.74, 6) is 0.915. The molecule has 1 amide bonds. The number of likely N-dealkylation sites (tertiary alicyclic amines) is 1. The molecule has 21 heavy (non-hydrogen) atoms. The Kier molecular flexibility index (Phi) is 5.62. The van der Waals surface area contributed by atoms with Gasteiger partial charge < -0.3 is 15.3 Å². The summed E-state index contributed by atoms with van der Waals surface area (Å²) in [6.45, 7) is 6.97. The van der Waals surface area contributed by atoms with Gasteiger partial charge in [-0.25, -0.2) is 0 Å². The molecule has 1 aliphatic rings. The Morgan fingerprint density at radius 2 is 2.24 bits per heavy atom. The van der Waals surface area contributed by atoms with Gasteiger partial charge in [0.05, 0.1) is 6.42 Å². The molecule has 2 unspecified atom stereocenters. The summed E-state index contributed by atoms with van der Waals surface area (Å²) in [6, 6.07) is 7.50. The first-order chi connectivity index (χ1) is 10.1. The maximum atomic E-state index is 12.4. The minimum Gasteiger partial charge on any atom is -0.508 e. The Labute approximate surface area is 127 Å². The predicted molar refractivity (Wildman–Crippen MR) is 84.3 cm³/mol. The Balaban J connectivity index is 1.94. The van der Waals surface area contributed by atoms with Crippen LogP contribution in [-0.2, 0) is 11.2 Å². The summed E-state index contributed by atoms with van der Waals surface area (Å²) in [5.41, 5.74) is 0.877. The van der Waals surface area contributed by atoms with Crippen LogP contribution in [0.4, 0.5) is 0 Å². The van der Waals surface area contributed by atoms with Crippen LogP contribution in [0.1, 0.15) is 32.3 Å². The zero-order valence-corrected chi connectivity index (χ0v) is 13.0. The van der Waals surface area contributed by atoms with Gasteiger partial charge >= 0.3 is 0 Å². The van der Waals surface area contributed by atoms with Crippen molar-refractivity contribution in [3.8, 4) is 5.75 Å². The molecule has 0 aromatic heterocycles. The molecule has 4 heteroatoms. The van der Waals surface area contributed by atoms with Gasteiger partial charge in [-0.15, -0.1) is 0 Å². The number of aromatic hydroxyl groups is 1. The van der Waals surface area contributed by atoms with Crippen molar-refractivity contribution in [2.45, 2.75) is 39.2 Å². The van der Waals surface area contributed by atoms with Crippen LogP contribution >= 0.6 is 0 Å².